The Morgan fingerprint density at radius 1 is 1.30 bits per heavy atom. The van der Waals surface area contributed by atoms with Gasteiger partial charge in [0.15, 0.2) is 5.16 Å². The molecule has 0 aliphatic carbocycles. The van der Waals surface area contributed by atoms with Gasteiger partial charge in [0.2, 0.25) is 5.88 Å². The van der Waals surface area contributed by atoms with Crippen molar-refractivity contribution in [2.24, 2.45) is 0 Å². The molecule has 0 unspecified atom stereocenters. The molecule has 0 fully saturated rings. The fraction of sp³-hybridized carbons (Fsp3) is 0.263. The first-order valence-electron chi connectivity index (χ1n) is 8.24. The summed E-state index contributed by atoms with van der Waals surface area (Å²) >= 11 is 1.32. The lowest BCUT2D eigenvalue weighted by Gasteiger charge is -2.13. The average molecular weight is 386 g/mol. The number of ether oxygens (including phenoxy) is 2. The lowest BCUT2D eigenvalue weighted by atomic mass is 10.1. The Morgan fingerprint density at radius 2 is 2.07 bits per heavy atom. The molecule has 1 aromatic carbocycles. The number of aryl methyl sites for hydroxylation is 2. The van der Waals surface area contributed by atoms with E-state index in [1.54, 1.807) is 26.0 Å². The molecule has 2 aromatic heterocycles. The first-order chi connectivity index (χ1) is 12.9. The van der Waals surface area contributed by atoms with Crippen molar-refractivity contribution < 1.29 is 18.7 Å². The Labute approximate surface area is 159 Å². The van der Waals surface area contributed by atoms with Crippen LogP contribution in [0.25, 0.3) is 11.0 Å². The lowest BCUT2D eigenvalue weighted by Crippen LogP contribution is -2.09. The number of carbonyl (C=O) groups is 1. The van der Waals surface area contributed by atoms with E-state index >= 15 is 0 Å². The summed E-state index contributed by atoms with van der Waals surface area (Å²) in [6, 6.07) is 4.99. The summed E-state index contributed by atoms with van der Waals surface area (Å²) < 4.78 is 16.3. The second-order valence-corrected chi connectivity index (χ2v) is 6.49. The summed E-state index contributed by atoms with van der Waals surface area (Å²) in [5.74, 6) is -0.0567. The van der Waals surface area contributed by atoms with E-state index in [-0.39, 0.29) is 18.1 Å². The lowest BCUT2D eigenvalue weighted by molar-refractivity contribution is 0.0521. The van der Waals surface area contributed by atoms with E-state index in [1.165, 1.54) is 24.0 Å². The molecule has 0 atom stereocenters. The number of esters is 1. The maximum atomic E-state index is 12.2. The fourth-order valence-electron chi connectivity index (χ4n) is 2.59. The summed E-state index contributed by atoms with van der Waals surface area (Å²) in [5.41, 5.74) is 1.58. The number of aromatic nitrogens is 2. The number of carbonyl (C=O) groups excluding carboxylic acids is 1. The number of thioether (sulfide) groups is 1. The van der Waals surface area contributed by atoms with Crippen molar-refractivity contribution in [3.63, 3.8) is 0 Å². The van der Waals surface area contributed by atoms with E-state index in [0.29, 0.717) is 22.1 Å². The van der Waals surface area contributed by atoms with E-state index in [2.05, 4.69) is 9.97 Å². The molecule has 0 amide bonds. The third kappa shape index (κ3) is 3.80. The van der Waals surface area contributed by atoms with E-state index in [1.807, 2.05) is 13.2 Å². The van der Waals surface area contributed by atoms with Crippen molar-refractivity contribution in [1.29, 1.82) is 0 Å². The highest BCUT2D eigenvalue weighted by Crippen LogP contribution is 2.32. The van der Waals surface area contributed by atoms with Gasteiger partial charge in [-0.3, -0.25) is 0 Å². The quantitative estimate of drug-likeness (QED) is 0.282. The highest BCUT2D eigenvalue weighted by atomic mass is 32.2. The number of benzene rings is 1. The Kier molecular flexibility index (Phi) is 5.46. The second-order valence-electron chi connectivity index (χ2n) is 5.71. The van der Waals surface area contributed by atoms with Crippen LogP contribution < -0.4 is 10.4 Å². The van der Waals surface area contributed by atoms with Gasteiger partial charge in [0.25, 0.3) is 0 Å². The molecular formula is C19H18N2O5S. The minimum atomic E-state index is -0.569. The maximum absolute atomic E-state index is 12.2. The maximum Gasteiger partial charge on any atom is 0.345 e. The summed E-state index contributed by atoms with van der Waals surface area (Å²) in [6.07, 6.45) is 3.20. The van der Waals surface area contributed by atoms with Gasteiger partial charge in [-0.25, -0.2) is 14.6 Å². The van der Waals surface area contributed by atoms with Crippen LogP contribution in [0.3, 0.4) is 0 Å². The van der Waals surface area contributed by atoms with Gasteiger partial charge in [-0.2, -0.15) is 4.98 Å². The van der Waals surface area contributed by atoms with Crippen LogP contribution in [0, 0.1) is 13.8 Å². The second kappa shape index (κ2) is 7.79. The van der Waals surface area contributed by atoms with Crippen LogP contribution in [0.5, 0.6) is 11.6 Å². The zero-order valence-corrected chi connectivity index (χ0v) is 16.2. The molecule has 3 rings (SSSR count). The average Bonchev–Trinajstić information content (AvgIpc) is 2.64. The first-order valence-corrected chi connectivity index (χ1v) is 9.47. The Morgan fingerprint density at radius 3 is 2.78 bits per heavy atom. The van der Waals surface area contributed by atoms with Gasteiger partial charge in [-0.15, -0.1) is 0 Å². The largest absolute Gasteiger partial charge is 0.462 e. The predicted molar refractivity (Wildman–Crippen MR) is 102 cm³/mol. The molecule has 7 nitrogen and oxygen atoms in total. The molecule has 3 aromatic rings. The van der Waals surface area contributed by atoms with E-state index in [0.717, 1.165) is 10.9 Å². The molecule has 2 heterocycles. The minimum Gasteiger partial charge on any atom is -0.462 e. The van der Waals surface area contributed by atoms with E-state index < -0.39 is 11.6 Å². The van der Waals surface area contributed by atoms with Gasteiger partial charge in [0.05, 0.1) is 6.61 Å². The summed E-state index contributed by atoms with van der Waals surface area (Å²) in [4.78, 5) is 32.3. The van der Waals surface area contributed by atoms with Crippen molar-refractivity contribution in [3.8, 4) is 11.6 Å². The van der Waals surface area contributed by atoms with Crippen molar-refractivity contribution in [2.75, 3.05) is 12.9 Å². The van der Waals surface area contributed by atoms with Gasteiger partial charge in [-0.1, -0.05) is 11.8 Å². The van der Waals surface area contributed by atoms with Crippen LogP contribution >= 0.6 is 11.8 Å². The van der Waals surface area contributed by atoms with Gasteiger partial charge in [0.1, 0.15) is 16.9 Å². The normalized spacial score (nSPS) is 10.8. The molecule has 27 heavy (non-hydrogen) atoms. The van der Waals surface area contributed by atoms with Crippen LogP contribution in [-0.4, -0.2) is 28.8 Å². The van der Waals surface area contributed by atoms with E-state index in [9.17, 15) is 9.59 Å². The summed E-state index contributed by atoms with van der Waals surface area (Å²) in [6.45, 7) is 5.56. The third-order valence-corrected chi connectivity index (χ3v) is 4.50. The number of hydrogen-bond acceptors (Lipinski definition) is 8. The molecule has 0 aliphatic rings. The van der Waals surface area contributed by atoms with Crippen molar-refractivity contribution in [2.45, 2.75) is 25.9 Å². The number of rotatable bonds is 5. The van der Waals surface area contributed by atoms with Crippen LogP contribution in [0.2, 0.25) is 0 Å². The van der Waals surface area contributed by atoms with Gasteiger partial charge in [-0.05, 0) is 44.7 Å². The number of nitrogens with zero attached hydrogens (tertiary/aromatic N) is 2. The van der Waals surface area contributed by atoms with Gasteiger partial charge in [0, 0.05) is 23.2 Å². The minimum absolute atomic E-state index is 0.0882. The van der Waals surface area contributed by atoms with Crippen molar-refractivity contribution in [1.82, 2.24) is 9.97 Å². The third-order valence-electron chi connectivity index (χ3n) is 3.93. The summed E-state index contributed by atoms with van der Waals surface area (Å²) in [7, 11) is 0. The molecule has 0 N–H and O–H groups in total. The van der Waals surface area contributed by atoms with Crippen LogP contribution in [0.1, 0.15) is 28.4 Å². The molecule has 0 aliphatic heterocycles. The SMILES string of the molecule is CCOC(=O)c1cnc(SC)nc1Oc1ccc2c(C)cc(=O)oc2c1C. The van der Waals surface area contributed by atoms with Crippen LogP contribution in [0.15, 0.2) is 38.8 Å². The molecule has 0 saturated heterocycles. The molecule has 0 radical (unpaired) electrons. The topological polar surface area (TPSA) is 91.5 Å². The Hall–Kier alpha value is -2.87. The Balaban J connectivity index is 2.10. The zero-order chi connectivity index (χ0) is 19.6. The standard InChI is InChI=1S/C19H18N2O5S/c1-5-24-18(23)13-9-20-19(27-4)21-17(13)25-14-7-6-12-10(2)8-15(22)26-16(12)11(14)3/h6-9H,5H2,1-4H3. The highest BCUT2D eigenvalue weighted by Gasteiger charge is 2.19. The van der Waals surface area contributed by atoms with Crippen LogP contribution in [0.4, 0.5) is 0 Å². The molecular weight excluding hydrogens is 368 g/mol. The van der Waals surface area contributed by atoms with Gasteiger partial charge < -0.3 is 13.9 Å². The first kappa shape index (κ1) is 18.9. The molecule has 0 saturated carbocycles. The fourth-order valence-corrected chi connectivity index (χ4v) is 2.92. The Bertz CT molecular complexity index is 1080. The molecule has 0 spiro atoms. The van der Waals surface area contributed by atoms with Crippen LogP contribution in [-0.2, 0) is 4.74 Å². The van der Waals surface area contributed by atoms with E-state index in [4.69, 9.17) is 13.9 Å². The van der Waals surface area contributed by atoms with Crippen molar-refractivity contribution >= 4 is 28.7 Å². The smallest absolute Gasteiger partial charge is 0.345 e. The zero-order valence-electron chi connectivity index (χ0n) is 15.4. The monoisotopic (exact) mass is 386 g/mol. The molecule has 8 heteroatoms. The number of hydrogen-bond donors (Lipinski definition) is 0. The predicted octanol–water partition coefficient (Wildman–Crippen LogP) is 3.89. The molecule has 0 bridgehead atoms. The summed E-state index contributed by atoms with van der Waals surface area (Å²) in [5, 5.41) is 1.27. The van der Waals surface area contributed by atoms with Gasteiger partial charge >= 0.3 is 11.6 Å². The molecule has 140 valence electrons. The number of fused-ring (bicyclic) bond motifs is 1. The highest BCUT2D eigenvalue weighted by molar-refractivity contribution is 7.98. The van der Waals surface area contributed by atoms with Crippen molar-refractivity contribution in [3.05, 3.63) is 51.5 Å².